The zero-order valence-electron chi connectivity index (χ0n) is 13.6. The second kappa shape index (κ2) is 7.96. The molecule has 0 aromatic heterocycles. The van der Waals surface area contributed by atoms with E-state index in [1.54, 1.807) is 0 Å². The van der Waals surface area contributed by atoms with Crippen molar-refractivity contribution >= 4 is 22.4 Å². The molecule has 0 saturated heterocycles. The highest BCUT2D eigenvalue weighted by Crippen LogP contribution is 2.22. The fraction of sp³-hybridized carbons (Fsp3) is 0.294. The van der Waals surface area contributed by atoms with Gasteiger partial charge in [0.25, 0.3) is 0 Å². The van der Waals surface area contributed by atoms with Crippen molar-refractivity contribution in [3.05, 3.63) is 64.7 Å². The summed E-state index contributed by atoms with van der Waals surface area (Å²) in [6, 6.07) is 10.5. The molecule has 1 aliphatic rings. The van der Waals surface area contributed by atoms with E-state index in [4.69, 9.17) is 0 Å². The van der Waals surface area contributed by atoms with E-state index in [1.165, 1.54) is 29.8 Å². The third-order valence-corrected chi connectivity index (χ3v) is 5.42. The Hall–Kier alpha value is -1.61. The second-order valence-corrected chi connectivity index (χ2v) is 7.73. The lowest BCUT2D eigenvalue weighted by Gasteiger charge is -2.10. The molecule has 1 aliphatic heterocycles. The summed E-state index contributed by atoms with van der Waals surface area (Å²) in [7, 11) is -3.78. The number of hydrogen-bond donors (Lipinski definition) is 2. The van der Waals surface area contributed by atoms with Crippen LogP contribution in [0.4, 0.5) is 13.2 Å². The van der Waals surface area contributed by atoms with Gasteiger partial charge < -0.3 is 5.32 Å². The first-order chi connectivity index (χ1) is 11.7. The van der Waals surface area contributed by atoms with E-state index in [0.717, 1.165) is 24.2 Å². The molecule has 3 rings (SSSR count). The van der Waals surface area contributed by atoms with Crippen LogP contribution in [0.3, 0.4) is 0 Å². The number of fused-ring (bicyclic) bond motifs is 1. The molecule has 142 valence electrons. The Labute approximate surface area is 156 Å². The summed E-state index contributed by atoms with van der Waals surface area (Å²) >= 11 is 0. The molecule has 2 aromatic rings. The monoisotopic (exact) mass is 406 g/mol. The van der Waals surface area contributed by atoms with Crippen molar-refractivity contribution in [3.8, 4) is 0 Å². The van der Waals surface area contributed by atoms with Gasteiger partial charge in [-0.3, -0.25) is 0 Å². The summed E-state index contributed by atoms with van der Waals surface area (Å²) in [6.07, 6.45) is -5.40. The first-order valence-corrected chi connectivity index (χ1v) is 9.18. The minimum atomic E-state index is -4.32. The van der Waals surface area contributed by atoms with Gasteiger partial charge >= 0.3 is 6.18 Å². The lowest BCUT2D eigenvalue weighted by molar-refractivity contribution is -0.127. The molecule has 0 radical (unpaired) electrons. The van der Waals surface area contributed by atoms with Crippen LogP contribution in [0.2, 0.25) is 0 Å². The van der Waals surface area contributed by atoms with Crippen LogP contribution in [-0.2, 0) is 36.1 Å². The van der Waals surface area contributed by atoms with Crippen LogP contribution < -0.4 is 10.0 Å². The highest BCUT2D eigenvalue weighted by atomic mass is 35.5. The second-order valence-electron chi connectivity index (χ2n) is 5.97. The molecule has 9 heteroatoms. The van der Waals surface area contributed by atoms with Crippen molar-refractivity contribution in [2.45, 2.75) is 37.1 Å². The van der Waals surface area contributed by atoms with Crippen LogP contribution >= 0.6 is 12.4 Å². The Bertz CT molecular complexity index is 869. The van der Waals surface area contributed by atoms with Crippen molar-refractivity contribution in [3.63, 3.8) is 0 Å². The molecular weight excluding hydrogens is 389 g/mol. The van der Waals surface area contributed by atoms with Gasteiger partial charge in [0.2, 0.25) is 10.0 Å². The molecule has 26 heavy (non-hydrogen) atoms. The standard InChI is InChI=1S/C17H17F3N2O2S.ClH/c18-17(19,20)8-12-2-5-16(6-3-12)25(23,24)22-9-13-1-4-14-10-21-11-15(14)7-13;/h1-7,21-22H,8-11H2;1H. The molecule has 4 nitrogen and oxygen atoms in total. The van der Waals surface area contributed by atoms with Crippen LogP contribution in [0.25, 0.3) is 0 Å². The first kappa shape index (κ1) is 20.7. The summed E-state index contributed by atoms with van der Waals surface area (Å²) in [5.41, 5.74) is 3.21. The van der Waals surface area contributed by atoms with E-state index >= 15 is 0 Å². The van der Waals surface area contributed by atoms with Crippen LogP contribution in [0.1, 0.15) is 22.3 Å². The maximum atomic E-state index is 12.3. The minimum Gasteiger partial charge on any atom is -0.309 e. The quantitative estimate of drug-likeness (QED) is 0.801. The van der Waals surface area contributed by atoms with Crippen molar-refractivity contribution in [2.24, 2.45) is 0 Å². The molecule has 0 amide bonds. The van der Waals surface area contributed by atoms with Crippen molar-refractivity contribution in [1.29, 1.82) is 0 Å². The maximum absolute atomic E-state index is 12.3. The number of halogens is 4. The Morgan fingerprint density at radius 3 is 2.23 bits per heavy atom. The predicted octanol–water partition coefficient (Wildman–Crippen LogP) is 3.29. The third-order valence-electron chi connectivity index (χ3n) is 4.01. The number of alkyl halides is 3. The van der Waals surface area contributed by atoms with E-state index in [-0.39, 0.29) is 29.4 Å². The Balaban J connectivity index is 0.00000243. The third kappa shape index (κ3) is 5.20. The summed E-state index contributed by atoms with van der Waals surface area (Å²) in [5, 5.41) is 3.22. The molecule has 1 heterocycles. The van der Waals surface area contributed by atoms with E-state index in [2.05, 4.69) is 10.0 Å². The normalized spacial score (nSPS) is 14.0. The Morgan fingerprint density at radius 2 is 1.58 bits per heavy atom. The number of sulfonamides is 1. The molecule has 0 aliphatic carbocycles. The zero-order valence-corrected chi connectivity index (χ0v) is 15.3. The summed E-state index contributed by atoms with van der Waals surface area (Å²) < 4.78 is 64.1. The molecule has 0 bridgehead atoms. The molecule has 2 aromatic carbocycles. The molecule has 2 N–H and O–H groups in total. The zero-order chi connectivity index (χ0) is 18.1. The number of rotatable bonds is 5. The highest BCUT2D eigenvalue weighted by Gasteiger charge is 2.27. The van der Waals surface area contributed by atoms with E-state index in [9.17, 15) is 21.6 Å². The highest BCUT2D eigenvalue weighted by molar-refractivity contribution is 7.89. The van der Waals surface area contributed by atoms with E-state index < -0.39 is 22.6 Å². The van der Waals surface area contributed by atoms with Gasteiger partial charge in [-0.2, -0.15) is 13.2 Å². The van der Waals surface area contributed by atoms with Gasteiger partial charge in [-0.1, -0.05) is 30.3 Å². The SMILES string of the molecule is Cl.O=S(=O)(NCc1ccc2c(c1)CNC2)c1ccc(CC(F)(F)F)cc1. The first-order valence-electron chi connectivity index (χ1n) is 7.70. The fourth-order valence-electron chi connectivity index (χ4n) is 2.74. The molecule has 0 fully saturated rings. The lowest BCUT2D eigenvalue weighted by atomic mass is 10.1. The van der Waals surface area contributed by atoms with Crippen LogP contribution in [-0.4, -0.2) is 14.6 Å². The van der Waals surface area contributed by atoms with Gasteiger partial charge in [-0.15, -0.1) is 12.4 Å². The van der Waals surface area contributed by atoms with Gasteiger partial charge in [0.05, 0.1) is 11.3 Å². The van der Waals surface area contributed by atoms with Gasteiger partial charge in [-0.25, -0.2) is 13.1 Å². The van der Waals surface area contributed by atoms with Crippen molar-refractivity contribution in [1.82, 2.24) is 10.0 Å². The summed E-state index contributed by atoms with van der Waals surface area (Å²) in [4.78, 5) is -0.0544. The molecule has 0 unspecified atom stereocenters. The van der Waals surface area contributed by atoms with Crippen molar-refractivity contribution < 1.29 is 21.6 Å². The average Bonchev–Trinajstić information content (AvgIpc) is 2.99. The Kier molecular flexibility index (Phi) is 6.33. The predicted molar refractivity (Wildman–Crippen MR) is 94.5 cm³/mol. The number of benzene rings is 2. The average molecular weight is 407 g/mol. The van der Waals surface area contributed by atoms with E-state index in [1.807, 2.05) is 18.2 Å². The maximum Gasteiger partial charge on any atom is 0.393 e. The Morgan fingerprint density at radius 1 is 0.962 bits per heavy atom. The van der Waals surface area contributed by atoms with Gasteiger partial charge in [-0.05, 0) is 34.4 Å². The number of nitrogens with one attached hydrogen (secondary N) is 2. The fourth-order valence-corrected chi connectivity index (χ4v) is 3.76. The molecule has 0 spiro atoms. The van der Waals surface area contributed by atoms with Crippen LogP contribution in [0.15, 0.2) is 47.4 Å². The van der Waals surface area contributed by atoms with Crippen LogP contribution in [0, 0.1) is 0 Å². The molecule has 0 atom stereocenters. The molecular formula is C17H18ClF3N2O2S. The summed E-state index contributed by atoms with van der Waals surface area (Å²) in [6.45, 7) is 1.70. The topological polar surface area (TPSA) is 58.2 Å². The minimum absolute atomic E-state index is 0. The largest absolute Gasteiger partial charge is 0.393 e. The van der Waals surface area contributed by atoms with E-state index in [0.29, 0.717) is 0 Å². The van der Waals surface area contributed by atoms with Gasteiger partial charge in [0.15, 0.2) is 0 Å². The molecule has 0 saturated carbocycles. The van der Waals surface area contributed by atoms with Gasteiger partial charge in [0, 0.05) is 19.6 Å². The number of hydrogen-bond acceptors (Lipinski definition) is 3. The van der Waals surface area contributed by atoms with Crippen molar-refractivity contribution in [2.75, 3.05) is 0 Å². The smallest absolute Gasteiger partial charge is 0.309 e. The lowest BCUT2D eigenvalue weighted by Crippen LogP contribution is -2.23. The van der Waals surface area contributed by atoms with Crippen LogP contribution in [0.5, 0.6) is 0 Å². The van der Waals surface area contributed by atoms with Gasteiger partial charge in [0.1, 0.15) is 0 Å². The summed E-state index contributed by atoms with van der Waals surface area (Å²) in [5.74, 6) is 0.